The normalized spacial score (nSPS) is 19.1. The van der Waals surface area contributed by atoms with Crippen molar-refractivity contribution in [1.29, 1.82) is 0 Å². The number of ether oxygens (including phenoxy) is 2. The average molecular weight is 339 g/mol. The molecule has 1 N–H and O–H groups in total. The summed E-state index contributed by atoms with van der Waals surface area (Å²) in [5.74, 6) is 0.420. The van der Waals surface area contributed by atoms with Gasteiger partial charge in [-0.2, -0.15) is 0 Å². The van der Waals surface area contributed by atoms with Gasteiger partial charge in [0.15, 0.2) is 11.5 Å². The van der Waals surface area contributed by atoms with E-state index in [2.05, 4.69) is 15.5 Å². The molecule has 0 bridgehead atoms. The predicted molar refractivity (Wildman–Crippen MR) is 84.2 cm³/mol. The third kappa shape index (κ3) is 3.99. The first-order chi connectivity index (χ1) is 11.1. The molecule has 1 saturated heterocycles. The molecule has 1 aliphatic rings. The minimum Gasteiger partial charge on any atom is -0.376 e. The van der Waals surface area contributed by atoms with Crippen molar-refractivity contribution < 1.29 is 14.3 Å². The number of hydrogen-bond acceptors (Lipinski definition) is 5. The topological polar surface area (TPSA) is 77.8 Å². The van der Waals surface area contributed by atoms with Gasteiger partial charge in [-0.05, 0) is 31.9 Å². The van der Waals surface area contributed by atoms with Gasteiger partial charge in [0.2, 0.25) is 5.91 Å². The molecular formula is C15H19ClN4O3. The SMILES string of the molecule is CC(OCC1CCCO1)C(=O)NCc1nnc2ccc(Cl)cn12. The highest BCUT2D eigenvalue weighted by molar-refractivity contribution is 6.30. The zero-order valence-electron chi connectivity index (χ0n) is 12.9. The Labute approximate surface area is 138 Å². The molecule has 1 amide bonds. The van der Waals surface area contributed by atoms with Crippen LogP contribution in [0.4, 0.5) is 0 Å². The first-order valence-corrected chi connectivity index (χ1v) is 8.01. The number of carbonyl (C=O) groups is 1. The number of amides is 1. The lowest BCUT2D eigenvalue weighted by Gasteiger charge is -2.15. The van der Waals surface area contributed by atoms with Crippen molar-refractivity contribution >= 4 is 23.2 Å². The molecule has 2 aromatic heterocycles. The second-order valence-electron chi connectivity index (χ2n) is 5.52. The van der Waals surface area contributed by atoms with Crippen molar-refractivity contribution in [2.75, 3.05) is 13.2 Å². The lowest BCUT2D eigenvalue weighted by Crippen LogP contribution is -2.36. The second kappa shape index (κ2) is 7.25. The van der Waals surface area contributed by atoms with Crippen LogP contribution in [0.2, 0.25) is 5.02 Å². The van der Waals surface area contributed by atoms with E-state index in [1.54, 1.807) is 29.7 Å². The van der Waals surface area contributed by atoms with Gasteiger partial charge in [0.25, 0.3) is 0 Å². The molecular weight excluding hydrogens is 320 g/mol. The summed E-state index contributed by atoms with van der Waals surface area (Å²) in [4.78, 5) is 12.1. The number of aromatic nitrogens is 3. The van der Waals surface area contributed by atoms with Gasteiger partial charge in [0.1, 0.15) is 6.10 Å². The fourth-order valence-corrected chi connectivity index (χ4v) is 2.61. The third-order valence-electron chi connectivity index (χ3n) is 3.78. The molecule has 124 valence electrons. The quantitative estimate of drug-likeness (QED) is 0.865. The number of hydrogen-bond donors (Lipinski definition) is 1. The number of halogens is 1. The maximum absolute atomic E-state index is 12.1. The molecule has 0 aromatic carbocycles. The second-order valence-corrected chi connectivity index (χ2v) is 5.96. The van der Waals surface area contributed by atoms with Crippen LogP contribution in [0.25, 0.3) is 5.65 Å². The summed E-state index contributed by atoms with van der Waals surface area (Å²) >= 11 is 5.97. The molecule has 2 atom stereocenters. The van der Waals surface area contributed by atoms with E-state index < -0.39 is 6.10 Å². The minimum atomic E-state index is -0.540. The van der Waals surface area contributed by atoms with E-state index in [-0.39, 0.29) is 18.6 Å². The largest absolute Gasteiger partial charge is 0.376 e. The minimum absolute atomic E-state index is 0.104. The van der Waals surface area contributed by atoms with E-state index in [0.29, 0.717) is 23.1 Å². The number of nitrogens with zero attached hydrogens (tertiary/aromatic N) is 3. The van der Waals surface area contributed by atoms with Crippen LogP contribution in [0.3, 0.4) is 0 Å². The number of rotatable bonds is 6. The molecule has 0 saturated carbocycles. The zero-order chi connectivity index (χ0) is 16.2. The lowest BCUT2D eigenvalue weighted by atomic mass is 10.2. The van der Waals surface area contributed by atoms with E-state index in [1.165, 1.54) is 0 Å². The molecule has 7 nitrogen and oxygen atoms in total. The standard InChI is InChI=1S/C15H19ClN4O3/c1-10(23-9-12-3-2-6-22-12)15(21)17-7-14-19-18-13-5-4-11(16)8-20(13)14/h4-5,8,10,12H,2-3,6-7,9H2,1H3,(H,17,21). The molecule has 3 rings (SSSR count). The smallest absolute Gasteiger partial charge is 0.249 e. The Balaban J connectivity index is 1.52. The van der Waals surface area contributed by atoms with E-state index in [0.717, 1.165) is 19.4 Å². The van der Waals surface area contributed by atoms with E-state index >= 15 is 0 Å². The van der Waals surface area contributed by atoms with Gasteiger partial charge in [0.05, 0.1) is 24.3 Å². The van der Waals surface area contributed by atoms with Crippen LogP contribution in [-0.2, 0) is 20.8 Å². The van der Waals surface area contributed by atoms with Crippen LogP contribution in [0, 0.1) is 0 Å². The van der Waals surface area contributed by atoms with Gasteiger partial charge < -0.3 is 14.8 Å². The fraction of sp³-hybridized carbons (Fsp3) is 0.533. The van der Waals surface area contributed by atoms with Crippen molar-refractivity contribution in [2.45, 2.75) is 38.5 Å². The molecule has 3 heterocycles. The molecule has 1 fully saturated rings. The Kier molecular flexibility index (Phi) is 5.09. The van der Waals surface area contributed by atoms with Crippen LogP contribution in [0.5, 0.6) is 0 Å². The van der Waals surface area contributed by atoms with Crippen molar-refractivity contribution in [1.82, 2.24) is 19.9 Å². The summed E-state index contributed by atoms with van der Waals surface area (Å²) in [6.45, 7) is 3.20. The van der Waals surface area contributed by atoms with Crippen molar-refractivity contribution in [3.63, 3.8) is 0 Å². The van der Waals surface area contributed by atoms with E-state index in [9.17, 15) is 4.79 Å². The van der Waals surface area contributed by atoms with Crippen LogP contribution >= 0.6 is 11.6 Å². The molecule has 0 radical (unpaired) electrons. The molecule has 8 heteroatoms. The van der Waals surface area contributed by atoms with E-state index in [1.807, 2.05) is 0 Å². The molecule has 2 unspecified atom stereocenters. The Morgan fingerprint density at radius 1 is 1.57 bits per heavy atom. The number of carbonyl (C=O) groups excluding carboxylic acids is 1. The molecule has 0 aliphatic carbocycles. The first kappa shape index (κ1) is 16.2. The zero-order valence-corrected chi connectivity index (χ0v) is 13.6. The predicted octanol–water partition coefficient (Wildman–Crippen LogP) is 1.58. The third-order valence-corrected chi connectivity index (χ3v) is 4.01. The van der Waals surface area contributed by atoms with Crippen LogP contribution in [-0.4, -0.2) is 45.9 Å². The Morgan fingerprint density at radius 3 is 3.22 bits per heavy atom. The maximum atomic E-state index is 12.1. The fourth-order valence-electron chi connectivity index (χ4n) is 2.45. The number of pyridine rings is 1. The Bertz CT molecular complexity index is 684. The maximum Gasteiger partial charge on any atom is 0.249 e. The molecule has 23 heavy (non-hydrogen) atoms. The highest BCUT2D eigenvalue weighted by atomic mass is 35.5. The first-order valence-electron chi connectivity index (χ1n) is 7.63. The van der Waals surface area contributed by atoms with Gasteiger partial charge in [-0.15, -0.1) is 10.2 Å². The highest BCUT2D eigenvalue weighted by Gasteiger charge is 2.20. The summed E-state index contributed by atoms with van der Waals surface area (Å²) in [5.41, 5.74) is 0.682. The summed E-state index contributed by atoms with van der Waals surface area (Å²) in [5, 5.41) is 11.5. The number of nitrogens with one attached hydrogen (secondary N) is 1. The summed E-state index contributed by atoms with van der Waals surface area (Å²) in [6, 6.07) is 3.52. The lowest BCUT2D eigenvalue weighted by molar-refractivity contribution is -0.133. The number of fused-ring (bicyclic) bond motifs is 1. The Hall–Kier alpha value is -1.70. The molecule has 0 spiro atoms. The molecule has 2 aromatic rings. The monoisotopic (exact) mass is 338 g/mol. The van der Waals surface area contributed by atoms with Crippen LogP contribution < -0.4 is 5.32 Å². The van der Waals surface area contributed by atoms with E-state index in [4.69, 9.17) is 21.1 Å². The van der Waals surface area contributed by atoms with Gasteiger partial charge in [-0.1, -0.05) is 11.6 Å². The summed E-state index contributed by atoms with van der Waals surface area (Å²) in [6.07, 6.45) is 3.32. The van der Waals surface area contributed by atoms with Gasteiger partial charge in [0, 0.05) is 12.8 Å². The van der Waals surface area contributed by atoms with Crippen molar-refractivity contribution in [3.05, 3.63) is 29.2 Å². The van der Waals surface area contributed by atoms with Gasteiger partial charge in [-0.25, -0.2) is 0 Å². The van der Waals surface area contributed by atoms with Crippen LogP contribution in [0.15, 0.2) is 18.3 Å². The van der Waals surface area contributed by atoms with Crippen molar-refractivity contribution in [2.24, 2.45) is 0 Å². The Morgan fingerprint density at radius 2 is 2.43 bits per heavy atom. The summed E-state index contributed by atoms with van der Waals surface area (Å²) < 4.78 is 12.8. The summed E-state index contributed by atoms with van der Waals surface area (Å²) in [7, 11) is 0. The van der Waals surface area contributed by atoms with Gasteiger partial charge >= 0.3 is 0 Å². The average Bonchev–Trinajstić information content (AvgIpc) is 3.19. The van der Waals surface area contributed by atoms with Crippen molar-refractivity contribution in [3.8, 4) is 0 Å². The van der Waals surface area contributed by atoms with Gasteiger partial charge in [-0.3, -0.25) is 9.20 Å². The molecule has 1 aliphatic heterocycles. The highest BCUT2D eigenvalue weighted by Crippen LogP contribution is 2.13. The van der Waals surface area contributed by atoms with Crippen LogP contribution in [0.1, 0.15) is 25.6 Å².